The van der Waals surface area contributed by atoms with E-state index in [2.05, 4.69) is 31.9 Å². The summed E-state index contributed by atoms with van der Waals surface area (Å²) in [5.41, 5.74) is 1.40. The average Bonchev–Trinajstić information content (AvgIpc) is 2.58. The number of carbonyl (C=O) groups excluding carboxylic acids is 2. The van der Waals surface area contributed by atoms with Gasteiger partial charge in [-0.1, -0.05) is 45.7 Å². The van der Waals surface area contributed by atoms with Crippen LogP contribution < -0.4 is 16.0 Å². The molecule has 0 bridgehead atoms. The predicted molar refractivity (Wildman–Crippen MR) is 103 cm³/mol. The molecule has 2 aromatic rings. The lowest BCUT2D eigenvalue weighted by molar-refractivity contribution is -0.120. The molecule has 2 aromatic carbocycles. The van der Waals surface area contributed by atoms with E-state index >= 15 is 0 Å². The molecule has 0 fully saturated rings. The van der Waals surface area contributed by atoms with Gasteiger partial charge >= 0.3 is 6.03 Å². The van der Waals surface area contributed by atoms with Gasteiger partial charge in [-0.2, -0.15) is 0 Å². The summed E-state index contributed by atoms with van der Waals surface area (Å²) in [6.07, 6.45) is 0.0893. The highest BCUT2D eigenvalue weighted by Gasteiger charge is 2.06. The van der Waals surface area contributed by atoms with Gasteiger partial charge in [-0.3, -0.25) is 4.79 Å². The lowest BCUT2D eigenvalue weighted by Crippen LogP contribution is -2.40. The first-order valence-corrected chi connectivity index (χ1v) is 9.08. The molecule has 0 aliphatic heterocycles. The highest BCUT2D eigenvalue weighted by atomic mass is 79.9. The van der Waals surface area contributed by atoms with Gasteiger partial charge in [-0.05, 0) is 35.4 Å². The van der Waals surface area contributed by atoms with Gasteiger partial charge in [0.1, 0.15) is 5.82 Å². The van der Waals surface area contributed by atoms with Crippen LogP contribution in [0.3, 0.4) is 0 Å². The van der Waals surface area contributed by atoms with E-state index in [1.54, 1.807) is 18.2 Å². The molecule has 0 heterocycles. The molecule has 0 aliphatic rings. The zero-order chi connectivity index (χ0) is 18.9. The van der Waals surface area contributed by atoms with Crippen LogP contribution in [0.2, 0.25) is 5.02 Å². The van der Waals surface area contributed by atoms with Crippen LogP contribution in [-0.4, -0.2) is 25.0 Å². The molecule has 0 aliphatic carbocycles. The largest absolute Gasteiger partial charge is 0.354 e. The van der Waals surface area contributed by atoms with Crippen LogP contribution in [0.5, 0.6) is 0 Å². The molecule has 5 nitrogen and oxygen atoms in total. The number of halogens is 3. The summed E-state index contributed by atoms with van der Waals surface area (Å²) in [5.74, 6) is -0.612. The SMILES string of the molecule is O=C(Cc1cccc(F)c1)NCCNC(=O)NCc1ccc(Br)cc1Cl. The van der Waals surface area contributed by atoms with E-state index in [4.69, 9.17) is 11.6 Å². The van der Waals surface area contributed by atoms with Crippen molar-refractivity contribution in [2.45, 2.75) is 13.0 Å². The Morgan fingerprint density at radius 3 is 2.54 bits per heavy atom. The molecule has 0 spiro atoms. The van der Waals surface area contributed by atoms with Crippen LogP contribution in [0.15, 0.2) is 46.9 Å². The number of benzene rings is 2. The normalized spacial score (nSPS) is 10.3. The number of amides is 3. The first-order chi connectivity index (χ1) is 12.4. The van der Waals surface area contributed by atoms with Gasteiger partial charge in [-0.15, -0.1) is 0 Å². The minimum Gasteiger partial charge on any atom is -0.354 e. The molecule has 0 unspecified atom stereocenters. The fourth-order valence-electron chi connectivity index (χ4n) is 2.18. The summed E-state index contributed by atoms with van der Waals surface area (Å²) in [4.78, 5) is 23.5. The second-order valence-corrected chi connectivity index (χ2v) is 6.82. The van der Waals surface area contributed by atoms with Crippen molar-refractivity contribution in [3.8, 4) is 0 Å². The van der Waals surface area contributed by atoms with Crippen molar-refractivity contribution in [3.63, 3.8) is 0 Å². The van der Waals surface area contributed by atoms with Crippen LogP contribution in [0.4, 0.5) is 9.18 Å². The number of hydrogen-bond acceptors (Lipinski definition) is 2. The molecular weight excluding hydrogens is 425 g/mol. The van der Waals surface area contributed by atoms with Crippen LogP contribution in [-0.2, 0) is 17.8 Å². The lowest BCUT2D eigenvalue weighted by Gasteiger charge is -2.10. The van der Waals surface area contributed by atoms with E-state index in [1.807, 2.05) is 12.1 Å². The third-order valence-electron chi connectivity index (χ3n) is 3.44. The predicted octanol–water partition coefficient (Wildman–Crippen LogP) is 3.40. The lowest BCUT2D eigenvalue weighted by atomic mass is 10.1. The van der Waals surface area contributed by atoms with Crippen LogP contribution in [0.1, 0.15) is 11.1 Å². The van der Waals surface area contributed by atoms with Crippen LogP contribution in [0.25, 0.3) is 0 Å². The fraction of sp³-hybridized carbons (Fsp3) is 0.222. The second kappa shape index (κ2) is 10.1. The van der Waals surface area contributed by atoms with E-state index in [-0.39, 0.29) is 37.3 Å². The van der Waals surface area contributed by atoms with E-state index < -0.39 is 0 Å². The average molecular weight is 443 g/mol. The minimum atomic E-state index is -0.375. The molecule has 0 saturated heterocycles. The Morgan fingerprint density at radius 2 is 1.81 bits per heavy atom. The Bertz CT molecular complexity index is 789. The monoisotopic (exact) mass is 441 g/mol. The molecular formula is C18H18BrClFN3O2. The molecule has 2 rings (SSSR count). The summed E-state index contributed by atoms with van der Waals surface area (Å²) in [7, 11) is 0. The van der Waals surface area contributed by atoms with Gasteiger partial charge in [0.25, 0.3) is 0 Å². The summed E-state index contributed by atoms with van der Waals surface area (Å²) in [6, 6.07) is 10.9. The molecule has 26 heavy (non-hydrogen) atoms. The molecule has 8 heteroatoms. The summed E-state index contributed by atoms with van der Waals surface area (Å²) < 4.78 is 13.9. The molecule has 0 saturated carbocycles. The Labute approximate surface area is 164 Å². The first-order valence-electron chi connectivity index (χ1n) is 7.91. The van der Waals surface area contributed by atoms with Gasteiger partial charge in [-0.25, -0.2) is 9.18 Å². The number of carbonyl (C=O) groups is 2. The van der Waals surface area contributed by atoms with Crippen molar-refractivity contribution >= 4 is 39.5 Å². The number of urea groups is 1. The van der Waals surface area contributed by atoms with Crippen molar-refractivity contribution in [2.75, 3.05) is 13.1 Å². The van der Waals surface area contributed by atoms with Gasteiger partial charge < -0.3 is 16.0 Å². The quantitative estimate of drug-likeness (QED) is 0.575. The number of nitrogens with one attached hydrogen (secondary N) is 3. The molecule has 0 atom stereocenters. The van der Waals surface area contributed by atoms with Crippen molar-refractivity contribution in [3.05, 3.63) is 68.9 Å². The number of rotatable bonds is 7. The third kappa shape index (κ3) is 7.01. The zero-order valence-corrected chi connectivity index (χ0v) is 16.2. The molecule has 0 aromatic heterocycles. The molecule has 138 valence electrons. The maximum Gasteiger partial charge on any atom is 0.315 e. The van der Waals surface area contributed by atoms with E-state index in [9.17, 15) is 14.0 Å². The van der Waals surface area contributed by atoms with Crippen molar-refractivity contribution in [1.29, 1.82) is 0 Å². The molecule has 3 N–H and O–H groups in total. The van der Waals surface area contributed by atoms with Crippen molar-refractivity contribution in [2.24, 2.45) is 0 Å². The van der Waals surface area contributed by atoms with E-state index in [1.165, 1.54) is 12.1 Å². The summed E-state index contributed by atoms with van der Waals surface area (Å²) in [5, 5.41) is 8.55. The summed E-state index contributed by atoms with van der Waals surface area (Å²) in [6.45, 7) is 0.847. The first kappa shape index (κ1) is 20.2. The minimum absolute atomic E-state index is 0.0893. The van der Waals surface area contributed by atoms with Gasteiger partial charge in [0, 0.05) is 29.1 Å². The Morgan fingerprint density at radius 1 is 1.04 bits per heavy atom. The standard InChI is InChI=1S/C18H18BrClFN3O2/c19-14-5-4-13(16(20)10-14)11-24-18(26)23-7-6-22-17(25)9-12-2-1-3-15(21)8-12/h1-5,8,10H,6-7,9,11H2,(H,22,25)(H2,23,24,26). The maximum absolute atomic E-state index is 13.1. The molecule has 0 radical (unpaired) electrons. The maximum atomic E-state index is 13.1. The Balaban J connectivity index is 1.63. The van der Waals surface area contributed by atoms with Crippen LogP contribution >= 0.6 is 27.5 Å². The van der Waals surface area contributed by atoms with Crippen LogP contribution in [0, 0.1) is 5.82 Å². The smallest absolute Gasteiger partial charge is 0.315 e. The van der Waals surface area contributed by atoms with Crippen molar-refractivity contribution in [1.82, 2.24) is 16.0 Å². The zero-order valence-electron chi connectivity index (χ0n) is 13.8. The highest BCUT2D eigenvalue weighted by molar-refractivity contribution is 9.10. The van der Waals surface area contributed by atoms with Gasteiger partial charge in [0.05, 0.1) is 6.42 Å². The third-order valence-corrected chi connectivity index (χ3v) is 4.29. The van der Waals surface area contributed by atoms with Crippen molar-refractivity contribution < 1.29 is 14.0 Å². The Kier molecular flexibility index (Phi) is 7.87. The van der Waals surface area contributed by atoms with Gasteiger partial charge in [0.15, 0.2) is 0 Å². The molecule has 3 amide bonds. The topological polar surface area (TPSA) is 70.2 Å². The highest BCUT2D eigenvalue weighted by Crippen LogP contribution is 2.21. The van der Waals surface area contributed by atoms with E-state index in [0.29, 0.717) is 17.1 Å². The Hall–Kier alpha value is -2.12. The number of hydrogen-bond donors (Lipinski definition) is 3. The van der Waals surface area contributed by atoms with E-state index in [0.717, 1.165) is 10.0 Å². The van der Waals surface area contributed by atoms with Gasteiger partial charge in [0.2, 0.25) is 5.91 Å². The summed E-state index contributed by atoms with van der Waals surface area (Å²) >= 11 is 9.40. The fourth-order valence-corrected chi connectivity index (χ4v) is 2.92. The second-order valence-electron chi connectivity index (χ2n) is 5.50.